The molecule has 16 heavy (non-hydrogen) atoms. The quantitative estimate of drug-likeness (QED) is 0.765. The summed E-state index contributed by atoms with van der Waals surface area (Å²) in [5.74, 6) is 0. The van der Waals surface area contributed by atoms with Gasteiger partial charge >= 0.3 is 0 Å². The molecule has 0 aromatic heterocycles. The normalized spacial score (nSPS) is 31.7. The molecule has 2 nitrogen and oxygen atoms in total. The molecule has 2 saturated heterocycles. The van der Waals surface area contributed by atoms with E-state index in [1.54, 1.807) is 0 Å². The van der Waals surface area contributed by atoms with Crippen molar-refractivity contribution in [2.24, 2.45) is 10.8 Å². The zero-order valence-electron chi connectivity index (χ0n) is 11.0. The van der Waals surface area contributed by atoms with Crippen LogP contribution in [0.2, 0.25) is 0 Å². The summed E-state index contributed by atoms with van der Waals surface area (Å²) in [6, 6.07) is 0. The van der Waals surface area contributed by atoms with E-state index in [4.69, 9.17) is 0 Å². The van der Waals surface area contributed by atoms with Gasteiger partial charge in [-0.25, -0.2) is 0 Å². The van der Waals surface area contributed by atoms with Crippen LogP contribution in [0.1, 0.15) is 40.0 Å². The Morgan fingerprint density at radius 3 is 2.56 bits per heavy atom. The monoisotopic (exact) mass is 246 g/mol. The highest BCUT2D eigenvalue weighted by atomic mass is 35.5. The van der Waals surface area contributed by atoms with Crippen LogP contribution in [0.4, 0.5) is 0 Å². The fourth-order valence-electron chi connectivity index (χ4n) is 3.26. The predicted molar refractivity (Wildman–Crippen MR) is 72.3 cm³/mol. The van der Waals surface area contributed by atoms with Crippen LogP contribution in [0.5, 0.6) is 0 Å². The molecule has 0 radical (unpaired) electrons. The molecule has 0 bridgehead atoms. The van der Waals surface area contributed by atoms with Crippen LogP contribution < -0.4 is 5.32 Å². The van der Waals surface area contributed by atoms with E-state index in [1.807, 2.05) is 0 Å². The van der Waals surface area contributed by atoms with Gasteiger partial charge in [-0.05, 0) is 43.2 Å². The van der Waals surface area contributed by atoms with E-state index >= 15 is 0 Å². The lowest BCUT2D eigenvalue weighted by molar-refractivity contribution is 0.0757. The average Bonchev–Trinajstić information content (AvgIpc) is 2.50. The van der Waals surface area contributed by atoms with Crippen molar-refractivity contribution in [1.29, 1.82) is 0 Å². The summed E-state index contributed by atoms with van der Waals surface area (Å²) in [5, 5.41) is 3.54. The number of nitrogens with one attached hydrogen (secondary N) is 1. The molecule has 1 spiro atoms. The van der Waals surface area contributed by atoms with Gasteiger partial charge < -0.3 is 10.2 Å². The van der Waals surface area contributed by atoms with Gasteiger partial charge in [0.2, 0.25) is 0 Å². The highest BCUT2D eigenvalue weighted by Crippen LogP contribution is 2.36. The first-order valence-corrected chi connectivity index (χ1v) is 6.42. The maximum absolute atomic E-state index is 3.54. The van der Waals surface area contributed by atoms with Crippen molar-refractivity contribution < 1.29 is 0 Å². The molecular weight excluding hydrogens is 220 g/mol. The molecule has 0 aromatic rings. The van der Waals surface area contributed by atoms with E-state index < -0.39 is 0 Å². The third kappa shape index (κ3) is 3.61. The summed E-state index contributed by atoms with van der Waals surface area (Å²) in [5.41, 5.74) is 1.08. The van der Waals surface area contributed by atoms with Crippen LogP contribution in [0, 0.1) is 10.8 Å². The standard InChI is InChI=1S/C13H26N2.ClH/c1-12(2,3)10-15-8-4-5-13(11-15)6-7-14-9-13;/h14H,4-11H2,1-3H3;1H. The lowest BCUT2D eigenvalue weighted by atomic mass is 9.78. The Labute approximate surface area is 107 Å². The minimum absolute atomic E-state index is 0. The first-order valence-electron chi connectivity index (χ1n) is 6.42. The third-order valence-electron chi connectivity index (χ3n) is 3.77. The average molecular weight is 247 g/mol. The van der Waals surface area contributed by atoms with Crippen LogP contribution >= 0.6 is 12.4 Å². The summed E-state index contributed by atoms with van der Waals surface area (Å²) in [4.78, 5) is 2.69. The van der Waals surface area contributed by atoms with E-state index in [0.717, 1.165) is 0 Å². The molecule has 2 aliphatic heterocycles. The fraction of sp³-hybridized carbons (Fsp3) is 1.00. The van der Waals surface area contributed by atoms with Crippen molar-refractivity contribution in [2.75, 3.05) is 32.7 Å². The van der Waals surface area contributed by atoms with Crippen molar-refractivity contribution in [3.63, 3.8) is 0 Å². The molecule has 1 unspecified atom stereocenters. The maximum Gasteiger partial charge on any atom is 0.00509 e. The van der Waals surface area contributed by atoms with Gasteiger partial charge in [0.25, 0.3) is 0 Å². The van der Waals surface area contributed by atoms with Crippen LogP contribution in [-0.2, 0) is 0 Å². The molecule has 2 fully saturated rings. The van der Waals surface area contributed by atoms with Crippen LogP contribution in [0.15, 0.2) is 0 Å². The minimum atomic E-state index is 0. The number of halogens is 1. The lowest BCUT2D eigenvalue weighted by Crippen LogP contribution is -2.47. The molecule has 2 aliphatic rings. The minimum Gasteiger partial charge on any atom is -0.316 e. The molecular formula is C13H27ClN2. The Morgan fingerprint density at radius 1 is 1.25 bits per heavy atom. The van der Waals surface area contributed by atoms with Gasteiger partial charge in [0, 0.05) is 19.6 Å². The molecule has 0 aromatic carbocycles. The van der Waals surface area contributed by atoms with Gasteiger partial charge in [-0.15, -0.1) is 12.4 Å². The van der Waals surface area contributed by atoms with Crippen molar-refractivity contribution >= 4 is 12.4 Å². The van der Waals surface area contributed by atoms with Crippen LogP contribution in [-0.4, -0.2) is 37.6 Å². The van der Waals surface area contributed by atoms with Crippen molar-refractivity contribution in [3.8, 4) is 0 Å². The van der Waals surface area contributed by atoms with Gasteiger partial charge in [0.15, 0.2) is 0 Å². The summed E-state index contributed by atoms with van der Waals surface area (Å²) < 4.78 is 0. The van der Waals surface area contributed by atoms with Crippen molar-refractivity contribution in [2.45, 2.75) is 40.0 Å². The molecule has 1 N–H and O–H groups in total. The highest BCUT2D eigenvalue weighted by molar-refractivity contribution is 5.85. The second-order valence-electron chi connectivity index (χ2n) is 6.80. The number of hydrogen-bond acceptors (Lipinski definition) is 2. The van der Waals surface area contributed by atoms with E-state index in [9.17, 15) is 0 Å². The Morgan fingerprint density at radius 2 is 2.00 bits per heavy atom. The SMILES string of the molecule is CC(C)(C)CN1CCCC2(CCNC2)C1.Cl. The van der Waals surface area contributed by atoms with E-state index in [0.29, 0.717) is 10.8 Å². The number of rotatable bonds is 1. The molecule has 96 valence electrons. The summed E-state index contributed by atoms with van der Waals surface area (Å²) in [6.07, 6.45) is 4.24. The zero-order chi connectivity index (χ0) is 10.9. The first-order chi connectivity index (χ1) is 6.99. The molecule has 0 amide bonds. The molecule has 0 saturated carbocycles. The van der Waals surface area contributed by atoms with Gasteiger partial charge in [-0.3, -0.25) is 0 Å². The summed E-state index contributed by atoms with van der Waals surface area (Å²) in [7, 11) is 0. The van der Waals surface area contributed by atoms with Gasteiger partial charge in [0.05, 0.1) is 0 Å². The fourth-order valence-corrected chi connectivity index (χ4v) is 3.26. The van der Waals surface area contributed by atoms with E-state index in [-0.39, 0.29) is 12.4 Å². The number of likely N-dealkylation sites (tertiary alicyclic amines) is 1. The smallest absolute Gasteiger partial charge is 0.00509 e. The summed E-state index contributed by atoms with van der Waals surface area (Å²) >= 11 is 0. The van der Waals surface area contributed by atoms with Gasteiger partial charge in [-0.1, -0.05) is 20.8 Å². The second kappa shape index (κ2) is 5.24. The molecule has 2 rings (SSSR count). The number of piperidine rings is 1. The molecule has 3 heteroatoms. The van der Waals surface area contributed by atoms with Crippen LogP contribution in [0.25, 0.3) is 0 Å². The zero-order valence-corrected chi connectivity index (χ0v) is 11.8. The third-order valence-corrected chi connectivity index (χ3v) is 3.77. The Kier molecular flexibility index (Phi) is 4.67. The van der Waals surface area contributed by atoms with Crippen molar-refractivity contribution in [1.82, 2.24) is 10.2 Å². The Bertz CT molecular complexity index is 216. The van der Waals surface area contributed by atoms with Crippen LogP contribution in [0.3, 0.4) is 0 Å². The first kappa shape index (κ1) is 14.3. The molecule has 2 heterocycles. The maximum atomic E-state index is 3.54. The topological polar surface area (TPSA) is 15.3 Å². The molecule has 1 atom stereocenters. The number of hydrogen-bond donors (Lipinski definition) is 1. The van der Waals surface area contributed by atoms with Gasteiger partial charge in [0.1, 0.15) is 0 Å². The Balaban J connectivity index is 0.00000128. The molecule has 0 aliphatic carbocycles. The van der Waals surface area contributed by atoms with Crippen molar-refractivity contribution in [3.05, 3.63) is 0 Å². The van der Waals surface area contributed by atoms with Gasteiger partial charge in [-0.2, -0.15) is 0 Å². The summed E-state index contributed by atoms with van der Waals surface area (Å²) in [6.45, 7) is 13.4. The largest absolute Gasteiger partial charge is 0.316 e. The number of nitrogens with zero attached hydrogens (tertiary/aromatic N) is 1. The highest BCUT2D eigenvalue weighted by Gasteiger charge is 2.38. The van der Waals surface area contributed by atoms with E-state index in [2.05, 4.69) is 31.0 Å². The lowest BCUT2D eigenvalue weighted by Gasteiger charge is -2.42. The second-order valence-corrected chi connectivity index (χ2v) is 6.80. The van der Waals surface area contributed by atoms with E-state index in [1.165, 1.54) is 52.0 Å². The Hall–Kier alpha value is 0.210. The predicted octanol–water partition coefficient (Wildman–Crippen LogP) is 2.53.